The van der Waals surface area contributed by atoms with Crippen molar-refractivity contribution in [3.8, 4) is 11.1 Å². The molecule has 0 atom stereocenters. The van der Waals surface area contributed by atoms with Crippen LogP contribution in [0, 0.1) is 0 Å². The van der Waals surface area contributed by atoms with Gasteiger partial charge in [0.25, 0.3) is 0 Å². The van der Waals surface area contributed by atoms with Crippen molar-refractivity contribution < 1.29 is 0 Å². The summed E-state index contributed by atoms with van der Waals surface area (Å²) in [6.07, 6.45) is 0. The number of hydrogen-bond donors (Lipinski definition) is 1. The van der Waals surface area contributed by atoms with Gasteiger partial charge in [0.2, 0.25) is 0 Å². The number of anilines is 2. The summed E-state index contributed by atoms with van der Waals surface area (Å²) in [5, 5.41) is 3.65. The Bertz CT molecular complexity index is 1540. The molecule has 0 aromatic heterocycles. The number of hydrogen-bond acceptors (Lipinski definition) is 1. The second-order valence-corrected chi connectivity index (χ2v) is 10.3. The zero-order valence-corrected chi connectivity index (χ0v) is 20.0. The number of fused-ring (bicyclic) bond motifs is 9. The normalized spacial score (nSPS) is 15.6. The van der Waals surface area contributed by atoms with E-state index in [2.05, 4.69) is 140 Å². The maximum absolute atomic E-state index is 3.65. The molecule has 0 heterocycles. The predicted octanol–water partition coefficient (Wildman–Crippen LogP) is 8.43. The van der Waals surface area contributed by atoms with Crippen LogP contribution in [-0.4, -0.2) is 0 Å². The largest absolute Gasteiger partial charge is 0.356 e. The van der Waals surface area contributed by atoms with Crippen molar-refractivity contribution in [2.24, 2.45) is 0 Å². The number of benzene rings is 5. The molecule has 0 fully saturated rings. The first-order chi connectivity index (χ1) is 17.1. The number of para-hydroxylation sites is 1. The summed E-state index contributed by atoms with van der Waals surface area (Å²) in [4.78, 5) is 0. The molecule has 35 heavy (non-hydrogen) atoms. The van der Waals surface area contributed by atoms with Crippen LogP contribution in [0.2, 0.25) is 0 Å². The summed E-state index contributed by atoms with van der Waals surface area (Å²) in [6.45, 7) is 4.74. The van der Waals surface area contributed by atoms with E-state index in [1.807, 2.05) is 0 Å². The quantitative estimate of drug-likeness (QED) is 0.280. The highest BCUT2D eigenvalue weighted by molar-refractivity contribution is 5.89. The minimum atomic E-state index is -0.344. The SMILES string of the molecule is CC1(C)c2ccccc2C2(c3ccccc3-c3ccc(Nc4ccccc4)cc32)c2ccccc21. The lowest BCUT2D eigenvalue weighted by Gasteiger charge is -2.46. The van der Waals surface area contributed by atoms with Crippen LogP contribution in [0.5, 0.6) is 0 Å². The Labute approximate surface area is 207 Å². The molecule has 1 heteroatoms. The van der Waals surface area contributed by atoms with Crippen molar-refractivity contribution in [1.29, 1.82) is 0 Å². The van der Waals surface area contributed by atoms with E-state index in [1.165, 1.54) is 44.5 Å². The minimum Gasteiger partial charge on any atom is -0.356 e. The molecule has 0 bridgehead atoms. The molecular weight excluding hydrogens is 422 g/mol. The molecule has 168 valence electrons. The van der Waals surface area contributed by atoms with Crippen molar-refractivity contribution in [1.82, 2.24) is 0 Å². The van der Waals surface area contributed by atoms with Crippen LogP contribution in [0.25, 0.3) is 11.1 Å². The molecule has 2 aliphatic carbocycles. The molecule has 2 aliphatic rings. The summed E-state index contributed by atoms with van der Waals surface area (Å²) in [5.41, 5.74) is 12.8. The molecule has 0 aliphatic heterocycles. The smallest absolute Gasteiger partial charge is 0.0720 e. The van der Waals surface area contributed by atoms with Crippen LogP contribution < -0.4 is 5.32 Å². The summed E-state index contributed by atoms with van der Waals surface area (Å²) < 4.78 is 0. The maximum Gasteiger partial charge on any atom is 0.0720 e. The first-order valence-electron chi connectivity index (χ1n) is 12.4. The van der Waals surface area contributed by atoms with Gasteiger partial charge in [-0.05, 0) is 68.8 Å². The Morgan fingerprint density at radius 1 is 0.429 bits per heavy atom. The zero-order valence-electron chi connectivity index (χ0n) is 20.0. The summed E-state index contributed by atoms with van der Waals surface area (Å²) >= 11 is 0. The molecular formula is C34H27N. The highest BCUT2D eigenvalue weighted by Gasteiger charge is 2.53. The average molecular weight is 450 g/mol. The fourth-order valence-corrected chi connectivity index (χ4v) is 6.63. The van der Waals surface area contributed by atoms with Gasteiger partial charge in [0.05, 0.1) is 5.41 Å². The van der Waals surface area contributed by atoms with Gasteiger partial charge in [-0.2, -0.15) is 0 Å². The molecule has 0 radical (unpaired) electrons. The Kier molecular flexibility index (Phi) is 4.17. The molecule has 0 saturated heterocycles. The van der Waals surface area contributed by atoms with E-state index in [0.29, 0.717) is 0 Å². The monoisotopic (exact) mass is 449 g/mol. The third kappa shape index (κ3) is 2.64. The van der Waals surface area contributed by atoms with E-state index in [-0.39, 0.29) is 10.8 Å². The van der Waals surface area contributed by atoms with Crippen molar-refractivity contribution in [3.63, 3.8) is 0 Å². The van der Waals surface area contributed by atoms with Crippen LogP contribution in [0.1, 0.15) is 47.2 Å². The van der Waals surface area contributed by atoms with Crippen molar-refractivity contribution >= 4 is 11.4 Å². The highest BCUT2D eigenvalue weighted by Crippen LogP contribution is 2.62. The van der Waals surface area contributed by atoms with Crippen LogP contribution in [0.3, 0.4) is 0 Å². The Hall–Kier alpha value is -4.10. The van der Waals surface area contributed by atoms with Gasteiger partial charge in [0.1, 0.15) is 0 Å². The van der Waals surface area contributed by atoms with Crippen LogP contribution >= 0.6 is 0 Å². The van der Waals surface area contributed by atoms with E-state index < -0.39 is 0 Å². The van der Waals surface area contributed by atoms with E-state index in [4.69, 9.17) is 0 Å². The first-order valence-corrected chi connectivity index (χ1v) is 12.4. The van der Waals surface area contributed by atoms with Gasteiger partial charge in [0.15, 0.2) is 0 Å². The van der Waals surface area contributed by atoms with E-state index >= 15 is 0 Å². The lowest BCUT2D eigenvalue weighted by Crippen LogP contribution is -2.40. The summed E-state index contributed by atoms with van der Waals surface area (Å²) in [6, 6.07) is 44.5. The summed E-state index contributed by atoms with van der Waals surface area (Å²) in [7, 11) is 0. The van der Waals surface area contributed by atoms with E-state index in [0.717, 1.165) is 11.4 Å². The van der Waals surface area contributed by atoms with Gasteiger partial charge in [-0.1, -0.05) is 111 Å². The Balaban J connectivity index is 1.59. The van der Waals surface area contributed by atoms with Gasteiger partial charge in [-0.25, -0.2) is 0 Å². The second-order valence-electron chi connectivity index (χ2n) is 10.3. The lowest BCUT2D eigenvalue weighted by atomic mass is 9.55. The van der Waals surface area contributed by atoms with Crippen LogP contribution in [-0.2, 0) is 10.8 Å². The third-order valence-electron chi connectivity index (χ3n) is 8.12. The van der Waals surface area contributed by atoms with Gasteiger partial charge < -0.3 is 5.32 Å². The second kappa shape index (κ2) is 7.20. The van der Waals surface area contributed by atoms with Gasteiger partial charge in [-0.3, -0.25) is 0 Å². The van der Waals surface area contributed by atoms with Crippen LogP contribution in [0.15, 0.2) is 121 Å². The average Bonchev–Trinajstić information content (AvgIpc) is 3.19. The van der Waals surface area contributed by atoms with Gasteiger partial charge in [-0.15, -0.1) is 0 Å². The third-order valence-corrected chi connectivity index (χ3v) is 8.12. The summed E-state index contributed by atoms with van der Waals surface area (Å²) in [5.74, 6) is 0. The molecule has 1 N–H and O–H groups in total. The van der Waals surface area contributed by atoms with Crippen molar-refractivity contribution in [2.45, 2.75) is 24.7 Å². The fourth-order valence-electron chi connectivity index (χ4n) is 6.63. The predicted molar refractivity (Wildman–Crippen MR) is 146 cm³/mol. The Morgan fingerprint density at radius 2 is 0.943 bits per heavy atom. The zero-order chi connectivity index (χ0) is 23.6. The topological polar surface area (TPSA) is 12.0 Å². The molecule has 1 nitrogen and oxygen atoms in total. The molecule has 7 rings (SSSR count). The van der Waals surface area contributed by atoms with Crippen molar-refractivity contribution in [2.75, 3.05) is 5.32 Å². The minimum absolute atomic E-state index is 0.0734. The fraction of sp³-hybridized carbons (Fsp3) is 0.118. The van der Waals surface area contributed by atoms with Crippen LogP contribution in [0.4, 0.5) is 11.4 Å². The molecule has 0 amide bonds. The first kappa shape index (κ1) is 20.3. The van der Waals surface area contributed by atoms with Crippen molar-refractivity contribution in [3.05, 3.63) is 155 Å². The lowest BCUT2D eigenvalue weighted by molar-refractivity contribution is 0.563. The van der Waals surface area contributed by atoms with Gasteiger partial charge >= 0.3 is 0 Å². The molecule has 1 spiro atoms. The molecule has 5 aromatic carbocycles. The van der Waals surface area contributed by atoms with E-state index in [1.54, 1.807) is 0 Å². The van der Waals surface area contributed by atoms with Gasteiger partial charge in [0, 0.05) is 16.8 Å². The number of nitrogens with one attached hydrogen (secondary N) is 1. The van der Waals surface area contributed by atoms with E-state index in [9.17, 15) is 0 Å². The number of rotatable bonds is 2. The molecule has 0 unspecified atom stereocenters. The maximum atomic E-state index is 3.65. The molecule has 0 saturated carbocycles. The highest BCUT2D eigenvalue weighted by atomic mass is 14.9. The Morgan fingerprint density at radius 3 is 1.60 bits per heavy atom. The molecule has 5 aromatic rings. The standard InChI is InChI=1S/C34H27N/c1-33(2)28-16-8-10-18-30(28)34(31-19-11-9-17-29(31)33)27-15-7-6-14-25(27)26-21-20-24(22-32(26)34)35-23-12-4-3-5-13-23/h3-22,35H,1-2H3.